The summed E-state index contributed by atoms with van der Waals surface area (Å²) in [6, 6.07) is 12.1. The maximum atomic E-state index is 12.1. The van der Waals surface area contributed by atoms with Crippen molar-refractivity contribution in [1.29, 1.82) is 0 Å². The van der Waals surface area contributed by atoms with Crippen LogP contribution in [0, 0.1) is 6.92 Å². The minimum Gasteiger partial charge on any atom is -0.508 e. The molecule has 3 heteroatoms. The van der Waals surface area contributed by atoms with Gasteiger partial charge in [-0.05, 0) is 24.1 Å². The number of hydrogen-bond donors (Lipinski definition) is 2. The lowest BCUT2D eigenvalue weighted by Crippen LogP contribution is -2.04. The van der Waals surface area contributed by atoms with E-state index in [0.29, 0.717) is 5.56 Å². The van der Waals surface area contributed by atoms with Crippen molar-refractivity contribution in [3.05, 3.63) is 59.2 Å². The fourth-order valence-electron chi connectivity index (χ4n) is 1.79. The predicted molar refractivity (Wildman–Crippen MR) is 69.0 cm³/mol. The fourth-order valence-corrected chi connectivity index (χ4v) is 1.79. The Morgan fingerprint density at radius 3 is 2.39 bits per heavy atom. The van der Waals surface area contributed by atoms with Gasteiger partial charge in [0.05, 0.1) is 5.56 Å². The summed E-state index contributed by atoms with van der Waals surface area (Å²) in [6.07, 6.45) is 0.235. The molecule has 0 bridgehead atoms. The van der Waals surface area contributed by atoms with Gasteiger partial charge >= 0.3 is 0 Å². The van der Waals surface area contributed by atoms with E-state index in [1.54, 1.807) is 6.92 Å². The van der Waals surface area contributed by atoms with Crippen molar-refractivity contribution in [3.8, 4) is 11.5 Å². The zero-order valence-electron chi connectivity index (χ0n) is 10.1. The van der Waals surface area contributed by atoms with Gasteiger partial charge in [0.15, 0.2) is 5.78 Å². The molecule has 2 aromatic rings. The number of aromatic hydroxyl groups is 2. The number of ketones is 1. The third kappa shape index (κ3) is 2.51. The molecule has 0 unspecified atom stereocenters. The average Bonchev–Trinajstić information content (AvgIpc) is 2.35. The topological polar surface area (TPSA) is 57.5 Å². The molecule has 18 heavy (non-hydrogen) atoms. The van der Waals surface area contributed by atoms with Crippen LogP contribution in [-0.2, 0) is 6.42 Å². The second-order valence-corrected chi connectivity index (χ2v) is 4.24. The molecule has 0 fully saturated rings. The number of hydrogen-bond acceptors (Lipinski definition) is 3. The normalized spacial score (nSPS) is 10.3. The number of benzene rings is 2. The fraction of sp³-hybridized carbons (Fsp3) is 0.133. The summed E-state index contributed by atoms with van der Waals surface area (Å²) in [5.41, 5.74) is 1.71. The minimum absolute atomic E-state index is 0.0104. The van der Waals surface area contributed by atoms with E-state index in [4.69, 9.17) is 0 Å². The van der Waals surface area contributed by atoms with E-state index >= 15 is 0 Å². The third-order valence-electron chi connectivity index (χ3n) is 2.82. The highest BCUT2D eigenvalue weighted by Gasteiger charge is 2.14. The second kappa shape index (κ2) is 4.92. The van der Waals surface area contributed by atoms with E-state index in [0.717, 1.165) is 5.56 Å². The molecule has 0 saturated heterocycles. The Hall–Kier alpha value is -2.29. The maximum absolute atomic E-state index is 12.1. The van der Waals surface area contributed by atoms with Crippen molar-refractivity contribution in [1.82, 2.24) is 0 Å². The van der Waals surface area contributed by atoms with Crippen molar-refractivity contribution < 1.29 is 15.0 Å². The molecule has 0 aliphatic carbocycles. The minimum atomic E-state index is -0.181. The highest BCUT2D eigenvalue weighted by Crippen LogP contribution is 2.27. The van der Waals surface area contributed by atoms with Gasteiger partial charge in [-0.2, -0.15) is 0 Å². The third-order valence-corrected chi connectivity index (χ3v) is 2.82. The Bertz CT molecular complexity index is 574. The Morgan fingerprint density at radius 2 is 1.72 bits per heavy atom. The zero-order chi connectivity index (χ0) is 13.1. The zero-order valence-corrected chi connectivity index (χ0v) is 10.1. The van der Waals surface area contributed by atoms with Crippen molar-refractivity contribution in [3.63, 3.8) is 0 Å². The predicted octanol–water partition coefficient (Wildman–Crippen LogP) is 2.83. The van der Waals surface area contributed by atoms with Crippen LogP contribution in [-0.4, -0.2) is 16.0 Å². The van der Waals surface area contributed by atoms with E-state index in [1.807, 2.05) is 30.3 Å². The molecule has 0 amide bonds. The summed E-state index contributed by atoms with van der Waals surface area (Å²) in [5.74, 6) is -0.357. The number of rotatable bonds is 3. The van der Waals surface area contributed by atoms with Gasteiger partial charge in [0.2, 0.25) is 0 Å². The van der Waals surface area contributed by atoms with Gasteiger partial charge in [-0.3, -0.25) is 4.79 Å². The molecule has 2 N–H and O–H groups in total. The number of carbonyl (C=O) groups excluding carboxylic acids is 1. The molecular formula is C15H14O3. The van der Waals surface area contributed by atoms with Crippen LogP contribution in [0.5, 0.6) is 11.5 Å². The SMILES string of the molecule is Cc1cc(C(=O)Cc2ccccc2)c(O)cc1O. The number of phenolic OH excluding ortho intramolecular Hbond substituents is 2. The number of aryl methyl sites for hydroxylation is 1. The highest BCUT2D eigenvalue weighted by molar-refractivity contribution is 6.00. The Morgan fingerprint density at radius 1 is 1.06 bits per heavy atom. The second-order valence-electron chi connectivity index (χ2n) is 4.24. The van der Waals surface area contributed by atoms with Gasteiger partial charge in [0, 0.05) is 12.5 Å². The van der Waals surface area contributed by atoms with Gasteiger partial charge in [0.1, 0.15) is 11.5 Å². The lowest BCUT2D eigenvalue weighted by molar-refractivity contribution is 0.0990. The smallest absolute Gasteiger partial charge is 0.170 e. The lowest BCUT2D eigenvalue weighted by Gasteiger charge is -2.07. The molecule has 3 nitrogen and oxygen atoms in total. The molecule has 0 aliphatic heterocycles. The van der Waals surface area contributed by atoms with Crippen LogP contribution in [0.1, 0.15) is 21.5 Å². The maximum Gasteiger partial charge on any atom is 0.170 e. The molecule has 2 rings (SSSR count). The monoisotopic (exact) mass is 242 g/mol. The standard InChI is InChI=1S/C15H14O3/c1-10-7-12(15(18)9-13(10)16)14(17)8-11-5-3-2-4-6-11/h2-7,9,16,18H,8H2,1H3. The van der Waals surface area contributed by atoms with Crippen LogP contribution >= 0.6 is 0 Å². The van der Waals surface area contributed by atoms with E-state index in [2.05, 4.69) is 0 Å². The van der Waals surface area contributed by atoms with Crippen LogP contribution in [0.4, 0.5) is 0 Å². The molecule has 0 spiro atoms. The molecule has 2 aromatic carbocycles. The average molecular weight is 242 g/mol. The van der Waals surface area contributed by atoms with Gasteiger partial charge in [-0.15, -0.1) is 0 Å². The largest absolute Gasteiger partial charge is 0.508 e. The highest BCUT2D eigenvalue weighted by atomic mass is 16.3. The summed E-state index contributed by atoms with van der Waals surface area (Å²) in [6.45, 7) is 1.69. The molecule has 92 valence electrons. The summed E-state index contributed by atoms with van der Waals surface area (Å²) in [7, 11) is 0. The first-order valence-electron chi connectivity index (χ1n) is 5.67. The van der Waals surface area contributed by atoms with Gasteiger partial charge in [-0.1, -0.05) is 30.3 Å². The molecule has 0 atom stereocenters. The first kappa shape index (κ1) is 12.2. The summed E-state index contributed by atoms with van der Waals surface area (Å²) >= 11 is 0. The number of carbonyl (C=O) groups is 1. The van der Waals surface area contributed by atoms with Crippen molar-refractivity contribution >= 4 is 5.78 Å². The van der Waals surface area contributed by atoms with Crippen LogP contribution in [0.25, 0.3) is 0 Å². The molecule has 0 aliphatic rings. The first-order valence-corrected chi connectivity index (χ1v) is 5.67. The Balaban J connectivity index is 2.27. The summed E-state index contributed by atoms with van der Waals surface area (Å²) in [4.78, 5) is 12.1. The molecular weight excluding hydrogens is 228 g/mol. The van der Waals surface area contributed by atoms with E-state index in [9.17, 15) is 15.0 Å². The van der Waals surface area contributed by atoms with Crippen LogP contribution in [0.15, 0.2) is 42.5 Å². The van der Waals surface area contributed by atoms with Gasteiger partial charge < -0.3 is 10.2 Å². The Labute approximate surface area is 105 Å². The van der Waals surface area contributed by atoms with Crippen molar-refractivity contribution in [2.75, 3.05) is 0 Å². The number of Topliss-reactive ketones (excluding diaryl/α,β-unsaturated/α-hetero) is 1. The van der Waals surface area contributed by atoms with E-state index < -0.39 is 0 Å². The van der Waals surface area contributed by atoms with Crippen molar-refractivity contribution in [2.45, 2.75) is 13.3 Å². The molecule has 0 radical (unpaired) electrons. The first-order chi connectivity index (χ1) is 8.58. The molecule has 0 aromatic heterocycles. The van der Waals surface area contributed by atoms with Crippen LogP contribution < -0.4 is 0 Å². The Kier molecular flexibility index (Phi) is 3.33. The summed E-state index contributed by atoms with van der Waals surface area (Å²) in [5, 5.41) is 19.1. The van der Waals surface area contributed by atoms with Gasteiger partial charge in [0.25, 0.3) is 0 Å². The number of phenols is 2. The molecule has 0 saturated carbocycles. The van der Waals surface area contributed by atoms with Gasteiger partial charge in [-0.25, -0.2) is 0 Å². The van der Waals surface area contributed by atoms with E-state index in [-0.39, 0.29) is 29.3 Å². The van der Waals surface area contributed by atoms with Crippen LogP contribution in [0.2, 0.25) is 0 Å². The molecule has 0 heterocycles. The van der Waals surface area contributed by atoms with E-state index in [1.165, 1.54) is 12.1 Å². The van der Waals surface area contributed by atoms with Crippen molar-refractivity contribution in [2.24, 2.45) is 0 Å². The summed E-state index contributed by atoms with van der Waals surface area (Å²) < 4.78 is 0. The lowest BCUT2D eigenvalue weighted by atomic mass is 10.0. The quantitative estimate of drug-likeness (QED) is 0.814. The van der Waals surface area contributed by atoms with Crippen LogP contribution in [0.3, 0.4) is 0 Å².